The highest BCUT2D eigenvalue weighted by Gasteiger charge is 2.34. The van der Waals surface area contributed by atoms with Crippen LogP contribution in [0.4, 0.5) is 13.2 Å². The van der Waals surface area contributed by atoms with E-state index in [9.17, 15) is 13.2 Å². The fourth-order valence-electron chi connectivity index (χ4n) is 1.34. The van der Waals surface area contributed by atoms with Crippen molar-refractivity contribution in [3.05, 3.63) is 29.8 Å². The van der Waals surface area contributed by atoms with E-state index in [-0.39, 0.29) is 11.7 Å². The Bertz CT molecular complexity index is 328. The highest BCUT2D eigenvalue weighted by Crippen LogP contribution is 2.44. The summed E-state index contributed by atoms with van der Waals surface area (Å²) in [6.45, 7) is 0. The highest BCUT2D eigenvalue weighted by molar-refractivity contribution is 5.37. The molecular weight excluding hydrogens is 193 g/mol. The topological polar surface area (TPSA) is 9.23 Å². The number of rotatable bonds is 2. The van der Waals surface area contributed by atoms with E-state index >= 15 is 0 Å². The molecule has 4 heteroatoms. The Labute approximate surface area is 79.5 Å². The Balaban J connectivity index is 2.23. The van der Waals surface area contributed by atoms with Crippen LogP contribution in [0.15, 0.2) is 18.2 Å². The molecule has 1 fully saturated rings. The van der Waals surface area contributed by atoms with Gasteiger partial charge in [0, 0.05) is 5.56 Å². The third kappa shape index (κ3) is 2.19. The second kappa shape index (κ2) is 3.19. The summed E-state index contributed by atoms with van der Waals surface area (Å²) in [6.07, 6.45) is -2.76. The molecule has 0 unspecified atom stereocenters. The third-order valence-corrected chi connectivity index (χ3v) is 2.06. The van der Waals surface area contributed by atoms with Crippen LogP contribution < -0.4 is 4.74 Å². The molecule has 0 aliphatic heterocycles. The number of hydrogen-bond donors (Lipinski definition) is 0. The van der Waals surface area contributed by atoms with Crippen LogP contribution in [0.2, 0.25) is 0 Å². The van der Waals surface area contributed by atoms with Crippen molar-refractivity contribution in [1.82, 2.24) is 0 Å². The van der Waals surface area contributed by atoms with E-state index in [1.165, 1.54) is 12.1 Å². The number of hydrogen-bond acceptors (Lipinski definition) is 1. The van der Waals surface area contributed by atoms with Gasteiger partial charge in [0.2, 0.25) is 0 Å². The summed E-state index contributed by atoms with van der Waals surface area (Å²) in [5.41, 5.74) is 0.546. The van der Waals surface area contributed by atoms with Crippen molar-refractivity contribution in [2.45, 2.75) is 25.1 Å². The number of halogens is 3. The maximum atomic E-state index is 12.0. The lowest BCUT2D eigenvalue weighted by Crippen LogP contribution is -2.18. The number of benzene rings is 1. The van der Waals surface area contributed by atoms with Crippen LogP contribution in [0, 0.1) is 6.07 Å². The Morgan fingerprint density at radius 1 is 1.36 bits per heavy atom. The number of ether oxygens (including phenoxy) is 1. The number of alkyl halides is 3. The van der Waals surface area contributed by atoms with Crippen LogP contribution in [0.25, 0.3) is 0 Å². The molecule has 0 atom stereocenters. The Kier molecular flexibility index (Phi) is 2.13. The average molecular weight is 201 g/mol. The van der Waals surface area contributed by atoms with Crippen molar-refractivity contribution in [3.8, 4) is 5.75 Å². The summed E-state index contributed by atoms with van der Waals surface area (Å²) in [5.74, 6) is 0.0936. The summed E-state index contributed by atoms with van der Waals surface area (Å²) in [5, 5.41) is 0. The van der Waals surface area contributed by atoms with Crippen molar-refractivity contribution < 1.29 is 17.9 Å². The van der Waals surface area contributed by atoms with Gasteiger partial charge in [-0.2, -0.15) is 0 Å². The standard InChI is InChI=1S/C10H8F3O/c11-10(12,13)14-9-4-2-1-3-8(9)7-5-6-7/h1-2,4,7H,5-6H2. The summed E-state index contributed by atoms with van der Waals surface area (Å²) >= 11 is 0. The van der Waals surface area contributed by atoms with E-state index in [0.29, 0.717) is 5.56 Å². The molecule has 1 radical (unpaired) electrons. The van der Waals surface area contributed by atoms with Crippen molar-refractivity contribution in [2.24, 2.45) is 0 Å². The molecule has 1 saturated carbocycles. The van der Waals surface area contributed by atoms with Gasteiger partial charge in [-0.05, 0) is 30.9 Å². The van der Waals surface area contributed by atoms with Crippen LogP contribution in [-0.2, 0) is 0 Å². The van der Waals surface area contributed by atoms with Gasteiger partial charge in [0.15, 0.2) is 0 Å². The van der Waals surface area contributed by atoms with Crippen LogP contribution in [0.1, 0.15) is 24.3 Å². The molecule has 1 aromatic carbocycles. The van der Waals surface area contributed by atoms with Gasteiger partial charge in [-0.15, -0.1) is 13.2 Å². The first-order valence-corrected chi connectivity index (χ1v) is 4.32. The fraction of sp³-hybridized carbons (Fsp3) is 0.400. The van der Waals surface area contributed by atoms with Gasteiger partial charge in [0.1, 0.15) is 5.75 Å². The molecule has 1 aliphatic carbocycles. The fourth-order valence-corrected chi connectivity index (χ4v) is 1.34. The zero-order valence-electron chi connectivity index (χ0n) is 7.27. The minimum atomic E-state index is -4.61. The Hall–Kier alpha value is -1.19. The van der Waals surface area contributed by atoms with E-state index in [1.807, 2.05) is 0 Å². The van der Waals surface area contributed by atoms with Gasteiger partial charge >= 0.3 is 6.36 Å². The monoisotopic (exact) mass is 201 g/mol. The molecule has 0 spiro atoms. The van der Waals surface area contributed by atoms with E-state index in [4.69, 9.17) is 0 Å². The maximum Gasteiger partial charge on any atom is 0.573 e. The Morgan fingerprint density at radius 3 is 2.64 bits per heavy atom. The predicted molar refractivity (Wildman–Crippen MR) is 43.9 cm³/mol. The highest BCUT2D eigenvalue weighted by atomic mass is 19.4. The molecule has 0 heterocycles. The van der Waals surface area contributed by atoms with Crippen LogP contribution in [-0.4, -0.2) is 6.36 Å². The van der Waals surface area contributed by atoms with Gasteiger partial charge in [0.25, 0.3) is 0 Å². The van der Waals surface area contributed by atoms with E-state index in [0.717, 1.165) is 12.8 Å². The zero-order chi connectivity index (χ0) is 10.2. The second-order valence-electron chi connectivity index (χ2n) is 3.27. The van der Waals surface area contributed by atoms with Crippen LogP contribution >= 0.6 is 0 Å². The molecule has 1 aromatic rings. The van der Waals surface area contributed by atoms with Gasteiger partial charge in [-0.25, -0.2) is 0 Å². The largest absolute Gasteiger partial charge is 0.573 e. The van der Waals surface area contributed by atoms with Gasteiger partial charge < -0.3 is 4.74 Å². The average Bonchev–Trinajstić information content (AvgIpc) is 2.85. The van der Waals surface area contributed by atoms with Crippen molar-refractivity contribution in [1.29, 1.82) is 0 Å². The van der Waals surface area contributed by atoms with E-state index in [2.05, 4.69) is 10.8 Å². The van der Waals surface area contributed by atoms with Crippen molar-refractivity contribution in [3.63, 3.8) is 0 Å². The first-order valence-electron chi connectivity index (χ1n) is 4.32. The Morgan fingerprint density at radius 2 is 2.07 bits per heavy atom. The minimum Gasteiger partial charge on any atom is -0.405 e. The molecule has 0 bridgehead atoms. The lowest BCUT2D eigenvalue weighted by Gasteiger charge is -2.11. The second-order valence-corrected chi connectivity index (χ2v) is 3.27. The summed E-state index contributed by atoms with van der Waals surface area (Å²) in [6, 6.07) is 7.23. The zero-order valence-corrected chi connectivity index (χ0v) is 7.27. The molecule has 1 nitrogen and oxygen atoms in total. The lowest BCUT2D eigenvalue weighted by molar-refractivity contribution is -0.274. The normalized spacial score (nSPS) is 16.8. The van der Waals surface area contributed by atoms with Gasteiger partial charge in [-0.1, -0.05) is 12.1 Å². The van der Waals surface area contributed by atoms with E-state index < -0.39 is 6.36 Å². The van der Waals surface area contributed by atoms with Crippen LogP contribution in [0.5, 0.6) is 5.75 Å². The van der Waals surface area contributed by atoms with Crippen molar-refractivity contribution >= 4 is 0 Å². The van der Waals surface area contributed by atoms with Crippen molar-refractivity contribution in [2.75, 3.05) is 0 Å². The van der Waals surface area contributed by atoms with Gasteiger partial charge in [-0.3, -0.25) is 0 Å². The molecule has 0 amide bonds. The minimum absolute atomic E-state index is 0.109. The molecule has 14 heavy (non-hydrogen) atoms. The first-order chi connectivity index (χ1) is 6.56. The molecule has 1 aliphatic rings. The first kappa shape index (κ1) is 9.37. The summed E-state index contributed by atoms with van der Waals surface area (Å²) in [4.78, 5) is 0. The molecule has 75 valence electrons. The van der Waals surface area contributed by atoms with Crippen LogP contribution in [0.3, 0.4) is 0 Å². The quantitative estimate of drug-likeness (QED) is 0.713. The van der Waals surface area contributed by atoms with Gasteiger partial charge in [0.05, 0.1) is 0 Å². The molecule has 0 saturated heterocycles. The maximum absolute atomic E-state index is 12.0. The summed E-state index contributed by atoms with van der Waals surface area (Å²) < 4.78 is 39.8. The molecule has 2 rings (SSSR count). The third-order valence-electron chi connectivity index (χ3n) is 2.06. The predicted octanol–water partition coefficient (Wildman–Crippen LogP) is 3.26. The SMILES string of the molecule is FC(F)(F)Oc1ccc[c]c1C1CC1. The molecule has 0 N–H and O–H groups in total. The smallest absolute Gasteiger partial charge is 0.405 e. The van der Waals surface area contributed by atoms with E-state index in [1.54, 1.807) is 6.07 Å². The molecular formula is C10H8F3O. The lowest BCUT2D eigenvalue weighted by atomic mass is 10.1. The molecule has 0 aromatic heterocycles. The summed E-state index contributed by atoms with van der Waals surface area (Å²) in [7, 11) is 0.